The first-order valence-electron chi connectivity index (χ1n) is 31.6. The molecule has 6 nitrogen and oxygen atoms in total. The second kappa shape index (κ2) is 23.0. The Morgan fingerprint density at radius 1 is 0.287 bits per heavy atom. The lowest BCUT2D eigenvalue weighted by Gasteiger charge is -2.41. The Labute approximate surface area is 527 Å². The zero-order valence-corrected chi connectivity index (χ0v) is 59.5. The Morgan fingerprint density at radius 2 is 0.552 bits per heavy atom. The summed E-state index contributed by atoms with van der Waals surface area (Å²) in [4.78, 5) is 0. The number of hydrogen-bond acceptors (Lipinski definition) is 6. The van der Waals surface area contributed by atoms with E-state index in [1.165, 1.54) is 22.3 Å². The summed E-state index contributed by atoms with van der Waals surface area (Å²) >= 11 is 0. The molecule has 2 heterocycles. The lowest BCUT2D eigenvalue weighted by Crippen LogP contribution is -2.33. The largest absolute Gasteiger partial charge is 0.530 e. The van der Waals surface area contributed by atoms with Crippen molar-refractivity contribution in [2.45, 2.75) is 241 Å². The van der Waals surface area contributed by atoms with Gasteiger partial charge in [-0.2, -0.15) is 0 Å². The van der Waals surface area contributed by atoms with E-state index in [1.807, 2.05) is 12.1 Å². The minimum Gasteiger partial charge on any atom is -0.417 e. The Morgan fingerprint density at radius 3 is 0.828 bits per heavy atom. The zero-order valence-electron chi connectivity index (χ0n) is 57.7. The van der Waals surface area contributed by atoms with Crippen LogP contribution >= 0.6 is 17.2 Å². The average molecular weight is 1210 g/mol. The maximum absolute atomic E-state index is 8.24. The van der Waals surface area contributed by atoms with Crippen molar-refractivity contribution in [2.24, 2.45) is 0 Å². The third-order valence-electron chi connectivity index (χ3n) is 17.7. The number of fused-ring (bicyclic) bond motifs is 4. The summed E-state index contributed by atoms with van der Waals surface area (Å²) in [5, 5.41) is 0. The molecule has 464 valence electrons. The highest BCUT2D eigenvalue weighted by Crippen LogP contribution is 2.63. The van der Waals surface area contributed by atoms with E-state index < -0.39 is 22.8 Å². The van der Waals surface area contributed by atoms with Crippen LogP contribution in [-0.2, 0) is 53.4 Å². The van der Waals surface area contributed by atoms with Crippen molar-refractivity contribution in [2.75, 3.05) is 0 Å². The second-order valence-electron chi connectivity index (χ2n) is 33.1. The molecule has 0 fully saturated rings. The van der Waals surface area contributed by atoms with Crippen molar-refractivity contribution < 1.29 is 27.1 Å². The van der Waals surface area contributed by atoms with Crippen molar-refractivity contribution in [3.05, 3.63) is 217 Å². The van der Waals surface area contributed by atoms with Gasteiger partial charge in [-0.15, -0.1) is 0 Å². The van der Waals surface area contributed by atoms with Crippen molar-refractivity contribution in [3.8, 4) is 28.7 Å². The van der Waals surface area contributed by atoms with Crippen LogP contribution in [0.4, 0.5) is 0 Å². The first kappa shape index (κ1) is 65.8. The Kier molecular flexibility index (Phi) is 17.4. The van der Waals surface area contributed by atoms with E-state index in [0.29, 0.717) is 5.75 Å². The minimum absolute atomic E-state index is 0.0921. The molecule has 0 saturated heterocycles. The summed E-state index contributed by atoms with van der Waals surface area (Å²) in [6, 6.07) is 48.2. The fourth-order valence-corrected chi connectivity index (χ4v) is 14.5. The third kappa shape index (κ3) is 13.3. The van der Waals surface area contributed by atoms with Crippen LogP contribution in [0.5, 0.6) is 28.7 Å². The molecule has 0 atom stereocenters. The zero-order chi connectivity index (χ0) is 64.2. The van der Waals surface area contributed by atoms with Crippen LogP contribution in [0.25, 0.3) is 0 Å². The van der Waals surface area contributed by atoms with Crippen molar-refractivity contribution >= 4 is 17.2 Å². The van der Waals surface area contributed by atoms with Crippen molar-refractivity contribution in [3.63, 3.8) is 0 Å². The van der Waals surface area contributed by atoms with Crippen LogP contribution in [0.1, 0.15) is 275 Å². The number of rotatable bonds is 7. The molecule has 0 spiro atoms. The highest BCUT2D eigenvalue weighted by Gasteiger charge is 2.49. The van der Waals surface area contributed by atoms with E-state index >= 15 is 0 Å². The summed E-state index contributed by atoms with van der Waals surface area (Å²) in [7, 11) is -4.62. The van der Waals surface area contributed by atoms with Gasteiger partial charge in [-0.3, -0.25) is 4.52 Å². The first-order chi connectivity index (χ1) is 40.0. The van der Waals surface area contributed by atoms with E-state index in [0.717, 1.165) is 84.2 Å². The lowest BCUT2D eigenvalue weighted by molar-refractivity contribution is 0.132. The van der Waals surface area contributed by atoms with Crippen molar-refractivity contribution in [1.82, 2.24) is 0 Å². The van der Waals surface area contributed by atoms with Crippen LogP contribution < -0.4 is 22.6 Å². The summed E-state index contributed by atoms with van der Waals surface area (Å²) in [6.07, 6.45) is 0. The van der Waals surface area contributed by atoms with Gasteiger partial charge in [0.2, 0.25) is 0 Å². The van der Waals surface area contributed by atoms with Gasteiger partial charge in [-0.05, 0) is 82.8 Å². The van der Waals surface area contributed by atoms with Crippen LogP contribution in [0.3, 0.4) is 0 Å². The topological polar surface area (TPSA) is 55.4 Å². The fraction of sp³-hybridized carbons (Fsp3) is 0.468. The molecule has 7 aromatic carbocycles. The van der Waals surface area contributed by atoms with Gasteiger partial charge >= 0.3 is 17.2 Å². The molecular weight excluding hydrogens is 1110 g/mol. The molecule has 2 aliphatic rings. The summed E-state index contributed by atoms with van der Waals surface area (Å²) in [5.74, 6) is 3.50. The SMILES string of the molecule is CC1c2cc(C(C)(C)C)cc(C(C)(C)C)c2OP(Oc2ccccc2C(OP2Oc3c(cc(C(C)(C)C)cc3C(C)(C)C)C(C)c3cc(C(C)(C)C)cc(C(C)(C)C)c3O2)(c2ccccc2)c2ccccc2)Oc2c1cc(C(C)(C)C)cc2C(C)(C)C. The smallest absolute Gasteiger partial charge is 0.417 e. The molecule has 87 heavy (non-hydrogen) atoms. The summed E-state index contributed by atoms with van der Waals surface area (Å²) in [5.41, 5.74) is 13.0. The van der Waals surface area contributed by atoms with Gasteiger partial charge in [-0.25, -0.2) is 0 Å². The normalized spacial score (nSPS) is 18.0. The van der Waals surface area contributed by atoms with Crippen molar-refractivity contribution in [1.29, 1.82) is 0 Å². The second-order valence-corrected chi connectivity index (χ2v) is 35.1. The van der Waals surface area contributed by atoms with E-state index in [1.54, 1.807) is 0 Å². The monoisotopic (exact) mass is 1210 g/mol. The molecule has 7 aromatic rings. The average Bonchev–Trinajstić information content (AvgIpc) is 0.796. The number of hydrogen-bond donors (Lipinski definition) is 0. The minimum atomic E-state index is -2.36. The van der Waals surface area contributed by atoms with Gasteiger partial charge in [0.15, 0.2) is 5.60 Å². The van der Waals surface area contributed by atoms with Crippen LogP contribution in [0.2, 0.25) is 0 Å². The molecule has 0 unspecified atom stereocenters. The molecule has 0 aliphatic carbocycles. The number of para-hydroxylation sites is 1. The molecular formula is C79H102O6P2. The Hall–Kier alpha value is -5.64. The summed E-state index contributed by atoms with van der Waals surface area (Å²) < 4.78 is 46.7. The van der Waals surface area contributed by atoms with Gasteiger partial charge in [0.25, 0.3) is 0 Å². The molecule has 0 saturated carbocycles. The standard InChI is InChI=1S/C79H102O6P2/c1-49-57-41-53(71(3,4)5)45-62(75(15,16)17)67(57)81-86(82-68-58(49)42-54(72(6,7)8)46-63(68)76(18,19)20)80-66-40-34-33-39-61(66)79(51-35-29-27-30-36-51,52-37-31-28-32-38-52)85-87-83-69-59(43-55(73(9,10)11)47-64(69)77(21,22)23)50(2)60-44-56(74(12,13)14)48-65(70(60)84-87)78(24,25)26/h27-50H,1-26H3. The molecule has 0 aromatic heterocycles. The predicted octanol–water partition coefficient (Wildman–Crippen LogP) is 23.5. The van der Waals surface area contributed by atoms with Crippen LogP contribution in [-0.4, -0.2) is 0 Å². The van der Waals surface area contributed by atoms with Gasteiger partial charge in [0.1, 0.15) is 28.7 Å². The molecule has 0 N–H and O–H groups in total. The number of benzene rings is 7. The van der Waals surface area contributed by atoms with E-state index in [2.05, 4.69) is 301 Å². The van der Waals surface area contributed by atoms with Gasteiger partial charge in [0.05, 0.1) is 0 Å². The Bertz CT molecular complexity index is 3440. The fourth-order valence-electron chi connectivity index (χ4n) is 12.0. The van der Waals surface area contributed by atoms with E-state index in [-0.39, 0.29) is 55.2 Å². The maximum Gasteiger partial charge on any atom is 0.530 e. The maximum atomic E-state index is 8.24. The molecule has 9 rings (SSSR count). The third-order valence-corrected chi connectivity index (χ3v) is 19.8. The molecule has 0 radical (unpaired) electrons. The Balaban J connectivity index is 1.35. The van der Waals surface area contributed by atoms with Gasteiger partial charge < -0.3 is 22.6 Å². The quantitative estimate of drug-likeness (QED) is 0.117. The molecule has 2 aliphatic heterocycles. The molecule has 8 heteroatoms. The van der Waals surface area contributed by atoms with E-state index in [9.17, 15) is 0 Å². The van der Waals surface area contributed by atoms with Crippen LogP contribution in [0, 0.1) is 0 Å². The molecule has 0 amide bonds. The van der Waals surface area contributed by atoms with Gasteiger partial charge in [0, 0.05) is 61.9 Å². The van der Waals surface area contributed by atoms with Crippen LogP contribution in [0.15, 0.2) is 133 Å². The predicted molar refractivity (Wildman–Crippen MR) is 368 cm³/mol. The summed E-state index contributed by atoms with van der Waals surface area (Å²) in [6.45, 7) is 59.6. The van der Waals surface area contributed by atoms with Gasteiger partial charge in [-0.1, -0.05) is 307 Å². The highest BCUT2D eigenvalue weighted by atomic mass is 31.2. The lowest BCUT2D eigenvalue weighted by atomic mass is 9.74. The molecule has 0 bridgehead atoms. The highest BCUT2D eigenvalue weighted by molar-refractivity contribution is 7.43. The van der Waals surface area contributed by atoms with E-state index in [4.69, 9.17) is 27.1 Å². The first-order valence-corrected chi connectivity index (χ1v) is 33.8.